The summed E-state index contributed by atoms with van der Waals surface area (Å²) >= 11 is 0. The first-order chi connectivity index (χ1) is 3.41. The van der Waals surface area contributed by atoms with Crippen LogP contribution in [0.3, 0.4) is 0 Å². The molecule has 48 valence electrons. The molecule has 0 aliphatic carbocycles. The van der Waals surface area contributed by atoms with E-state index in [1.165, 1.54) is 0 Å². The van der Waals surface area contributed by atoms with Crippen molar-refractivity contribution in [3.63, 3.8) is 0 Å². The van der Waals surface area contributed by atoms with Crippen LogP contribution in [0.5, 0.6) is 0 Å². The van der Waals surface area contributed by atoms with Crippen LogP contribution in [-0.2, 0) is 14.3 Å². The van der Waals surface area contributed by atoms with Crippen molar-refractivity contribution in [3.8, 4) is 0 Å². The fraction of sp³-hybridized carbons (Fsp3) is 1.00. The average molecular weight is 144 g/mol. The van der Waals surface area contributed by atoms with E-state index in [4.69, 9.17) is 0 Å². The Kier molecular flexibility index (Phi) is 0.876. The van der Waals surface area contributed by atoms with E-state index in [-0.39, 0.29) is 0 Å². The van der Waals surface area contributed by atoms with Crippen LogP contribution in [0.1, 0.15) is 0 Å². The highest BCUT2D eigenvalue weighted by molar-refractivity contribution is 7.87. The van der Waals surface area contributed by atoms with Crippen LogP contribution in [0.4, 0.5) is 8.78 Å². The Morgan fingerprint density at radius 2 is 1.88 bits per heavy atom. The van der Waals surface area contributed by atoms with E-state index in [2.05, 4.69) is 4.18 Å². The Hall–Kier alpha value is -0.230. The monoisotopic (exact) mass is 144 g/mol. The lowest BCUT2D eigenvalue weighted by atomic mass is 10.7. The quantitative estimate of drug-likeness (QED) is 0.447. The molecule has 1 aliphatic heterocycles. The summed E-state index contributed by atoms with van der Waals surface area (Å²) in [6.45, 7) is 0. The second-order valence-electron chi connectivity index (χ2n) is 1.42. The fourth-order valence-electron chi connectivity index (χ4n) is 0.385. The van der Waals surface area contributed by atoms with Gasteiger partial charge in [0, 0.05) is 0 Å². The molecule has 0 amide bonds. The van der Waals surface area contributed by atoms with Gasteiger partial charge in [-0.2, -0.15) is 21.4 Å². The minimum Gasteiger partial charge on any atom is -0.199 e. The van der Waals surface area contributed by atoms with E-state index in [1.807, 2.05) is 0 Å². The lowest BCUT2D eigenvalue weighted by Gasteiger charge is -2.23. The maximum atomic E-state index is 11.4. The molecule has 0 saturated carbocycles. The van der Waals surface area contributed by atoms with Crippen LogP contribution in [0, 0.1) is 0 Å². The number of rotatable bonds is 0. The van der Waals surface area contributed by atoms with Crippen LogP contribution >= 0.6 is 0 Å². The summed E-state index contributed by atoms with van der Waals surface area (Å²) in [7, 11) is -3.84. The lowest BCUT2D eigenvalue weighted by Crippen LogP contribution is -2.45. The van der Waals surface area contributed by atoms with Crippen molar-refractivity contribution in [2.45, 2.75) is 6.11 Å². The molecule has 0 atom stereocenters. The molecular formula is C2H2F2O3S. The molecule has 0 unspecified atom stereocenters. The highest BCUT2D eigenvalue weighted by Crippen LogP contribution is 2.30. The molecule has 0 spiro atoms. The van der Waals surface area contributed by atoms with Gasteiger partial charge in [0.1, 0.15) is 0 Å². The second-order valence-corrected chi connectivity index (χ2v) is 2.99. The molecule has 0 radical (unpaired) electrons. The van der Waals surface area contributed by atoms with Crippen molar-refractivity contribution in [3.05, 3.63) is 0 Å². The zero-order valence-corrected chi connectivity index (χ0v) is 4.41. The zero-order valence-electron chi connectivity index (χ0n) is 3.60. The summed E-state index contributed by atoms with van der Waals surface area (Å²) in [4.78, 5) is 0. The van der Waals surface area contributed by atoms with Crippen LogP contribution < -0.4 is 0 Å². The van der Waals surface area contributed by atoms with E-state index in [0.29, 0.717) is 0 Å². The summed E-state index contributed by atoms with van der Waals surface area (Å²) in [5, 5.41) is 0. The Balaban J connectivity index is 2.68. The first-order valence-electron chi connectivity index (χ1n) is 1.72. The highest BCUT2D eigenvalue weighted by atomic mass is 32.2. The average Bonchev–Trinajstić information content (AvgIpc) is 1.20. The molecule has 6 heteroatoms. The van der Waals surface area contributed by atoms with Crippen molar-refractivity contribution in [1.29, 1.82) is 0 Å². The predicted molar refractivity (Wildman–Crippen MR) is 19.8 cm³/mol. The molecule has 3 nitrogen and oxygen atoms in total. The van der Waals surface area contributed by atoms with E-state index in [9.17, 15) is 17.2 Å². The van der Waals surface area contributed by atoms with E-state index >= 15 is 0 Å². The first-order valence-corrected chi connectivity index (χ1v) is 3.30. The summed E-state index contributed by atoms with van der Waals surface area (Å²) in [6, 6.07) is 0. The van der Waals surface area contributed by atoms with Gasteiger partial charge in [0.15, 0.2) is 5.75 Å². The zero-order chi connectivity index (χ0) is 6.41. The summed E-state index contributed by atoms with van der Waals surface area (Å²) in [5.74, 6) is -1.18. The first kappa shape index (κ1) is 5.90. The molecular weight excluding hydrogens is 142 g/mol. The van der Waals surface area contributed by atoms with Crippen molar-refractivity contribution in [2.75, 3.05) is 5.75 Å². The van der Waals surface area contributed by atoms with Crippen molar-refractivity contribution in [2.24, 2.45) is 0 Å². The van der Waals surface area contributed by atoms with Crippen molar-refractivity contribution < 1.29 is 21.4 Å². The van der Waals surface area contributed by atoms with Gasteiger partial charge in [-0.3, -0.25) is 0 Å². The minimum absolute atomic E-state index is 1.18. The van der Waals surface area contributed by atoms with Crippen LogP contribution in [0.2, 0.25) is 0 Å². The Morgan fingerprint density at radius 1 is 1.50 bits per heavy atom. The molecule has 1 saturated heterocycles. The van der Waals surface area contributed by atoms with Gasteiger partial charge in [-0.1, -0.05) is 0 Å². The third-order valence-corrected chi connectivity index (χ3v) is 1.78. The Morgan fingerprint density at radius 3 is 1.88 bits per heavy atom. The van der Waals surface area contributed by atoms with Crippen LogP contribution in [-0.4, -0.2) is 20.3 Å². The maximum Gasteiger partial charge on any atom is 0.385 e. The predicted octanol–water partition coefficient (Wildman–Crippen LogP) is -0.0608. The van der Waals surface area contributed by atoms with Gasteiger partial charge in [0.05, 0.1) is 0 Å². The molecule has 8 heavy (non-hydrogen) atoms. The fourth-order valence-corrected chi connectivity index (χ4v) is 1.15. The maximum absolute atomic E-state index is 11.4. The third kappa shape index (κ3) is 0.948. The van der Waals surface area contributed by atoms with Crippen LogP contribution in [0.25, 0.3) is 0 Å². The highest BCUT2D eigenvalue weighted by Gasteiger charge is 2.52. The molecule has 1 aliphatic rings. The number of halogens is 2. The van der Waals surface area contributed by atoms with E-state index < -0.39 is 22.0 Å². The standard InChI is InChI=1S/C2H2F2O3S/c3-2(4)1-8(5,6)7-2/h1H2. The number of hydrogen-bond donors (Lipinski definition) is 0. The number of alkyl halides is 2. The van der Waals surface area contributed by atoms with Gasteiger partial charge in [-0.25, -0.2) is 0 Å². The van der Waals surface area contributed by atoms with Gasteiger partial charge in [-0.15, -0.1) is 0 Å². The summed E-state index contributed by atoms with van der Waals surface area (Å²) in [5.41, 5.74) is 0. The van der Waals surface area contributed by atoms with E-state index in [1.54, 1.807) is 0 Å². The Bertz CT molecular complexity index is 179. The molecule has 0 bridgehead atoms. The Labute approximate surface area is 44.4 Å². The topological polar surface area (TPSA) is 43.4 Å². The third-order valence-electron chi connectivity index (χ3n) is 0.594. The van der Waals surface area contributed by atoms with Crippen molar-refractivity contribution in [1.82, 2.24) is 0 Å². The molecule has 0 N–H and O–H groups in total. The minimum atomic E-state index is -3.84. The smallest absolute Gasteiger partial charge is 0.199 e. The molecule has 0 aromatic carbocycles. The summed E-state index contributed by atoms with van der Waals surface area (Å²) < 4.78 is 45.6. The van der Waals surface area contributed by atoms with E-state index in [0.717, 1.165) is 0 Å². The molecule has 1 heterocycles. The van der Waals surface area contributed by atoms with Gasteiger partial charge in [0.25, 0.3) is 10.1 Å². The largest absolute Gasteiger partial charge is 0.385 e. The van der Waals surface area contributed by atoms with Crippen LogP contribution in [0.15, 0.2) is 0 Å². The molecule has 1 fully saturated rings. The molecule has 0 aromatic heterocycles. The lowest BCUT2D eigenvalue weighted by molar-refractivity contribution is -0.181. The second kappa shape index (κ2) is 1.19. The normalized spacial score (nSPS) is 31.2. The van der Waals surface area contributed by atoms with Gasteiger partial charge >= 0.3 is 6.11 Å². The van der Waals surface area contributed by atoms with Crippen molar-refractivity contribution >= 4 is 10.1 Å². The summed E-state index contributed by atoms with van der Waals surface area (Å²) in [6.07, 6.45) is -3.43. The SMILES string of the molecule is O=S1(=O)CC(F)(F)O1. The van der Waals surface area contributed by atoms with Gasteiger partial charge in [-0.05, 0) is 0 Å². The van der Waals surface area contributed by atoms with Gasteiger partial charge < -0.3 is 0 Å². The number of hydrogen-bond acceptors (Lipinski definition) is 3. The molecule has 0 aromatic rings. The molecule has 1 rings (SSSR count). The van der Waals surface area contributed by atoms with Gasteiger partial charge in [0.2, 0.25) is 0 Å².